The Morgan fingerprint density at radius 2 is 1.81 bits per heavy atom. The molecule has 0 saturated carbocycles. The van der Waals surface area contributed by atoms with Gasteiger partial charge in [-0.2, -0.15) is 5.10 Å². The minimum atomic E-state index is -0.0141. The van der Waals surface area contributed by atoms with Crippen LogP contribution < -0.4 is 0 Å². The van der Waals surface area contributed by atoms with Crippen LogP contribution in [0.5, 0.6) is 0 Å². The molecule has 0 N–H and O–H groups in total. The van der Waals surface area contributed by atoms with Crippen LogP contribution in [0, 0.1) is 26.7 Å². The molecule has 5 nitrogen and oxygen atoms in total. The first-order valence-corrected chi connectivity index (χ1v) is 10.5. The lowest BCUT2D eigenvalue weighted by Gasteiger charge is -2.38. The summed E-state index contributed by atoms with van der Waals surface area (Å²) in [6, 6.07) is 0.432. The van der Waals surface area contributed by atoms with Crippen LogP contribution in [-0.2, 0) is 11.3 Å². The van der Waals surface area contributed by atoms with Gasteiger partial charge >= 0.3 is 0 Å². The number of piperidine rings is 1. The summed E-state index contributed by atoms with van der Waals surface area (Å²) in [7, 11) is 0. The van der Waals surface area contributed by atoms with Crippen LogP contribution in [0.15, 0.2) is 0 Å². The van der Waals surface area contributed by atoms with Gasteiger partial charge in [-0.15, -0.1) is 0 Å². The van der Waals surface area contributed by atoms with Gasteiger partial charge in [0.25, 0.3) is 0 Å². The van der Waals surface area contributed by atoms with Crippen molar-refractivity contribution in [3.05, 3.63) is 17.0 Å². The van der Waals surface area contributed by atoms with Crippen LogP contribution in [0.1, 0.15) is 62.4 Å². The molecule has 0 bridgehead atoms. The topological polar surface area (TPSA) is 41.4 Å². The predicted molar refractivity (Wildman–Crippen MR) is 105 cm³/mol. The highest BCUT2D eigenvalue weighted by atomic mass is 16.2. The van der Waals surface area contributed by atoms with E-state index in [9.17, 15) is 4.79 Å². The van der Waals surface area contributed by atoms with Gasteiger partial charge in [0, 0.05) is 24.8 Å². The van der Waals surface area contributed by atoms with Crippen LogP contribution in [0.25, 0.3) is 0 Å². The maximum Gasteiger partial charge on any atom is 0.227 e. The number of likely N-dealkylation sites (tertiary alicyclic amines) is 2. The predicted octanol–water partition coefficient (Wildman–Crippen LogP) is 3.31. The molecule has 2 atom stereocenters. The second kappa shape index (κ2) is 8.55. The van der Waals surface area contributed by atoms with E-state index in [1.54, 1.807) is 0 Å². The highest BCUT2D eigenvalue weighted by molar-refractivity contribution is 5.78. The molecule has 2 saturated heterocycles. The molecular weight excluding hydrogens is 324 g/mol. The molecule has 1 amide bonds. The number of carbonyl (C=O) groups is 1. The van der Waals surface area contributed by atoms with Crippen molar-refractivity contribution in [2.24, 2.45) is 5.92 Å². The van der Waals surface area contributed by atoms with Crippen molar-refractivity contribution in [3.8, 4) is 0 Å². The van der Waals surface area contributed by atoms with Crippen molar-refractivity contribution < 1.29 is 4.79 Å². The maximum absolute atomic E-state index is 13.2. The molecule has 0 radical (unpaired) electrons. The van der Waals surface area contributed by atoms with Crippen molar-refractivity contribution in [1.82, 2.24) is 19.6 Å². The second-order valence-electron chi connectivity index (χ2n) is 8.40. The quantitative estimate of drug-likeness (QED) is 0.781. The molecular formula is C21H36N4O. The van der Waals surface area contributed by atoms with Gasteiger partial charge in [-0.05, 0) is 77.9 Å². The van der Waals surface area contributed by atoms with Crippen LogP contribution in [0.2, 0.25) is 0 Å². The Morgan fingerprint density at radius 1 is 1.12 bits per heavy atom. The molecule has 2 aliphatic heterocycles. The van der Waals surface area contributed by atoms with E-state index in [-0.39, 0.29) is 5.92 Å². The van der Waals surface area contributed by atoms with Crippen LogP contribution >= 0.6 is 0 Å². The highest BCUT2D eigenvalue weighted by Crippen LogP contribution is 2.24. The molecule has 5 heteroatoms. The average Bonchev–Trinajstić information content (AvgIpc) is 3.24. The van der Waals surface area contributed by atoms with Crippen LogP contribution in [0.4, 0.5) is 0 Å². The molecule has 0 unspecified atom stereocenters. The van der Waals surface area contributed by atoms with Gasteiger partial charge in [-0.25, -0.2) is 0 Å². The third-order valence-corrected chi connectivity index (χ3v) is 6.50. The summed E-state index contributed by atoms with van der Waals surface area (Å²) in [6.45, 7) is 13.6. The van der Waals surface area contributed by atoms with Crippen LogP contribution in [0.3, 0.4) is 0 Å². The van der Waals surface area contributed by atoms with Gasteiger partial charge in [0.15, 0.2) is 0 Å². The molecule has 0 aromatic carbocycles. The lowest BCUT2D eigenvalue weighted by atomic mass is 9.97. The first-order chi connectivity index (χ1) is 12.5. The van der Waals surface area contributed by atoms with Crippen molar-refractivity contribution in [2.45, 2.75) is 78.8 Å². The Kier molecular flexibility index (Phi) is 6.38. The molecule has 0 aliphatic carbocycles. The van der Waals surface area contributed by atoms with Crippen molar-refractivity contribution in [1.29, 1.82) is 0 Å². The van der Waals surface area contributed by atoms with Crippen LogP contribution in [-0.4, -0.2) is 57.7 Å². The highest BCUT2D eigenvalue weighted by Gasteiger charge is 2.30. The lowest BCUT2D eigenvalue weighted by molar-refractivity contribution is -0.139. The normalized spacial score (nSPS) is 22.8. The number of nitrogens with zero attached hydrogens (tertiary/aromatic N) is 4. The van der Waals surface area contributed by atoms with Crippen molar-refractivity contribution in [2.75, 3.05) is 26.2 Å². The van der Waals surface area contributed by atoms with E-state index in [0.717, 1.165) is 31.6 Å². The number of carbonyl (C=O) groups excluding carboxylic acids is 1. The van der Waals surface area contributed by atoms with Crippen molar-refractivity contribution >= 4 is 5.91 Å². The maximum atomic E-state index is 13.2. The molecule has 0 spiro atoms. The first kappa shape index (κ1) is 19.4. The van der Waals surface area contributed by atoms with E-state index in [2.05, 4.69) is 35.7 Å². The number of amides is 1. The first-order valence-electron chi connectivity index (χ1n) is 10.5. The molecule has 3 rings (SSSR count). The Labute approximate surface area is 158 Å². The van der Waals surface area contributed by atoms with Gasteiger partial charge in [-0.1, -0.05) is 6.92 Å². The Hall–Kier alpha value is -1.36. The zero-order valence-corrected chi connectivity index (χ0v) is 17.1. The Balaban J connectivity index is 1.60. The van der Waals surface area contributed by atoms with Gasteiger partial charge in [0.1, 0.15) is 0 Å². The van der Waals surface area contributed by atoms with Crippen molar-refractivity contribution in [3.63, 3.8) is 0 Å². The average molecular weight is 361 g/mol. The molecule has 26 heavy (non-hydrogen) atoms. The molecule has 2 aliphatic rings. The fourth-order valence-corrected chi connectivity index (χ4v) is 4.51. The molecule has 1 aromatic rings. The third-order valence-electron chi connectivity index (χ3n) is 6.50. The summed E-state index contributed by atoms with van der Waals surface area (Å²) in [6.07, 6.45) is 7.40. The monoisotopic (exact) mass is 360 g/mol. The van der Waals surface area contributed by atoms with E-state index in [1.165, 1.54) is 50.0 Å². The van der Waals surface area contributed by atoms with E-state index < -0.39 is 0 Å². The summed E-state index contributed by atoms with van der Waals surface area (Å²) in [5.74, 6) is 0.307. The van der Waals surface area contributed by atoms with Gasteiger partial charge < -0.3 is 9.80 Å². The third kappa shape index (κ3) is 4.30. The van der Waals surface area contributed by atoms with E-state index in [1.807, 2.05) is 11.6 Å². The number of hydrogen-bond donors (Lipinski definition) is 0. The molecule has 2 fully saturated rings. The summed E-state index contributed by atoms with van der Waals surface area (Å²) in [5, 5.41) is 4.62. The minimum Gasteiger partial charge on any atom is -0.339 e. The number of aryl methyl sites for hydroxylation is 1. The Morgan fingerprint density at radius 3 is 2.46 bits per heavy atom. The summed E-state index contributed by atoms with van der Waals surface area (Å²) >= 11 is 0. The summed E-state index contributed by atoms with van der Waals surface area (Å²) in [4.78, 5) is 17.9. The molecule has 146 valence electrons. The number of hydrogen-bond acceptors (Lipinski definition) is 3. The van der Waals surface area contributed by atoms with E-state index in [4.69, 9.17) is 0 Å². The summed E-state index contributed by atoms with van der Waals surface area (Å²) in [5.41, 5.74) is 3.50. The zero-order chi connectivity index (χ0) is 18.7. The Bertz CT molecular complexity index is 618. The molecule has 3 heterocycles. The molecule has 1 aromatic heterocycles. The van der Waals surface area contributed by atoms with E-state index in [0.29, 0.717) is 18.5 Å². The smallest absolute Gasteiger partial charge is 0.227 e. The standard InChI is InChI=1S/C21H36N4O/c1-16(15-25-19(4)17(2)18(3)22-25)21(26)24-13-6-5-9-20(24)10-14-23-11-7-8-12-23/h16,20H,5-15H2,1-4H3/t16-,20-/m0/s1. The van der Waals surface area contributed by atoms with Gasteiger partial charge in [0.2, 0.25) is 5.91 Å². The van der Waals surface area contributed by atoms with Gasteiger partial charge in [0.05, 0.1) is 18.2 Å². The second-order valence-corrected chi connectivity index (χ2v) is 8.40. The number of rotatable bonds is 6. The fraction of sp³-hybridized carbons (Fsp3) is 0.810. The lowest BCUT2D eigenvalue weighted by Crippen LogP contribution is -2.47. The fourth-order valence-electron chi connectivity index (χ4n) is 4.51. The summed E-state index contributed by atoms with van der Waals surface area (Å²) < 4.78 is 2.02. The van der Waals surface area contributed by atoms with Gasteiger partial charge in [-0.3, -0.25) is 9.48 Å². The van der Waals surface area contributed by atoms with E-state index >= 15 is 0 Å². The largest absolute Gasteiger partial charge is 0.339 e. The SMILES string of the molecule is Cc1nn(C[C@H](C)C(=O)N2CCCC[C@H]2CCN2CCCC2)c(C)c1C. The zero-order valence-electron chi connectivity index (χ0n) is 17.1. The number of aromatic nitrogens is 2. The minimum absolute atomic E-state index is 0.0141.